The normalized spacial score (nSPS) is 12.9. The maximum absolute atomic E-state index is 11.1. The Morgan fingerprint density at radius 2 is 2.00 bits per heavy atom. The van der Waals surface area contributed by atoms with Crippen LogP contribution in [0.5, 0.6) is 0 Å². The molecule has 1 aromatic rings. The van der Waals surface area contributed by atoms with E-state index >= 15 is 0 Å². The summed E-state index contributed by atoms with van der Waals surface area (Å²) >= 11 is 0. The third-order valence-corrected chi connectivity index (χ3v) is 2.76. The summed E-state index contributed by atoms with van der Waals surface area (Å²) in [6, 6.07) is 2.82. The van der Waals surface area contributed by atoms with Gasteiger partial charge in [-0.1, -0.05) is 13.8 Å². The van der Waals surface area contributed by atoms with Crippen molar-refractivity contribution in [2.24, 2.45) is 11.7 Å². The summed E-state index contributed by atoms with van der Waals surface area (Å²) in [5.41, 5.74) is 5.23. The van der Waals surface area contributed by atoms with Crippen LogP contribution in [0.25, 0.3) is 0 Å². The van der Waals surface area contributed by atoms with Crippen molar-refractivity contribution in [2.75, 3.05) is 13.1 Å². The van der Waals surface area contributed by atoms with E-state index in [2.05, 4.69) is 0 Å². The van der Waals surface area contributed by atoms with Crippen LogP contribution in [0.1, 0.15) is 43.1 Å². The monoisotopic (exact) mass is 268 g/mol. The van der Waals surface area contributed by atoms with Gasteiger partial charge in [0.2, 0.25) is 11.7 Å². The predicted molar refractivity (Wildman–Crippen MR) is 69.7 cm³/mol. The number of furan rings is 1. The van der Waals surface area contributed by atoms with Crippen LogP contribution in [-0.2, 0) is 4.79 Å². The van der Waals surface area contributed by atoms with Gasteiger partial charge in [-0.3, -0.25) is 9.69 Å². The van der Waals surface area contributed by atoms with E-state index in [-0.39, 0.29) is 18.3 Å². The molecule has 0 spiro atoms. The van der Waals surface area contributed by atoms with Crippen LogP contribution < -0.4 is 5.73 Å². The lowest BCUT2D eigenvalue weighted by Gasteiger charge is -2.28. The van der Waals surface area contributed by atoms with E-state index in [1.54, 1.807) is 6.07 Å². The van der Waals surface area contributed by atoms with E-state index in [1.807, 2.05) is 25.7 Å². The molecule has 1 heterocycles. The number of nitrogens with zero attached hydrogens (tertiary/aromatic N) is 1. The molecule has 3 N–H and O–H groups in total. The summed E-state index contributed by atoms with van der Waals surface area (Å²) in [4.78, 5) is 23.7. The molecular formula is C13H20N2O4. The number of amides is 1. The molecule has 0 aliphatic heterocycles. The van der Waals surface area contributed by atoms with E-state index < -0.39 is 11.9 Å². The summed E-state index contributed by atoms with van der Waals surface area (Å²) in [5, 5.41) is 8.83. The zero-order valence-electron chi connectivity index (χ0n) is 11.4. The lowest BCUT2D eigenvalue weighted by atomic mass is 10.1. The smallest absolute Gasteiger partial charge is 0.371 e. The maximum Gasteiger partial charge on any atom is 0.371 e. The number of carboxylic acids is 1. The Bertz CT molecular complexity index is 453. The summed E-state index contributed by atoms with van der Waals surface area (Å²) in [7, 11) is 0. The van der Waals surface area contributed by atoms with E-state index in [0.717, 1.165) is 0 Å². The molecule has 19 heavy (non-hydrogen) atoms. The van der Waals surface area contributed by atoms with E-state index in [0.29, 0.717) is 18.2 Å². The fourth-order valence-corrected chi connectivity index (χ4v) is 1.90. The van der Waals surface area contributed by atoms with Gasteiger partial charge in [-0.2, -0.15) is 0 Å². The number of carboxylic acid groups (broad SMARTS) is 1. The average Bonchev–Trinajstić information content (AvgIpc) is 2.75. The Morgan fingerprint density at radius 3 is 2.42 bits per heavy atom. The Hall–Kier alpha value is -1.82. The highest BCUT2D eigenvalue weighted by Gasteiger charge is 2.22. The second kappa shape index (κ2) is 6.38. The Morgan fingerprint density at radius 1 is 1.37 bits per heavy atom. The molecule has 0 fully saturated rings. The van der Waals surface area contributed by atoms with Crippen LogP contribution in [0.15, 0.2) is 16.5 Å². The van der Waals surface area contributed by atoms with Gasteiger partial charge in [0, 0.05) is 6.54 Å². The zero-order chi connectivity index (χ0) is 14.6. The number of aromatic carboxylic acids is 1. The van der Waals surface area contributed by atoms with E-state index in [9.17, 15) is 9.59 Å². The first-order chi connectivity index (χ1) is 8.81. The third-order valence-electron chi connectivity index (χ3n) is 2.76. The van der Waals surface area contributed by atoms with Gasteiger partial charge in [0.05, 0.1) is 12.6 Å². The minimum absolute atomic E-state index is 0.106. The molecule has 0 bridgehead atoms. The van der Waals surface area contributed by atoms with E-state index in [4.69, 9.17) is 15.3 Å². The molecule has 0 aliphatic carbocycles. The minimum Gasteiger partial charge on any atom is -0.475 e. The number of hydrogen-bond donors (Lipinski definition) is 2. The van der Waals surface area contributed by atoms with Crippen molar-refractivity contribution >= 4 is 11.9 Å². The zero-order valence-corrected chi connectivity index (χ0v) is 11.4. The van der Waals surface area contributed by atoms with Crippen molar-refractivity contribution in [3.8, 4) is 0 Å². The molecule has 0 aliphatic rings. The van der Waals surface area contributed by atoms with Gasteiger partial charge in [0.1, 0.15) is 5.76 Å². The Balaban J connectivity index is 2.87. The Labute approximate surface area is 112 Å². The van der Waals surface area contributed by atoms with Crippen LogP contribution in [-0.4, -0.2) is 35.0 Å². The average molecular weight is 268 g/mol. The molecule has 0 aromatic carbocycles. The lowest BCUT2D eigenvalue weighted by Crippen LogP contribution is -2.37. The first-order valence-electron chi connectivity index (χ1n) is 6.16. The minimum atomic E-state index is -1.11. The Kier molecular flexibility index (Phi) is 5.11. The molecule has 1 unspecified atom stereocenters. The third kappa shape index (κ3) is 4.40. The first kappa shape index (κ1) is 15.2. The summed E-state index contributed by atoms with van der Waals surface area (Å²) in [6.07, 6.45) is 0. The van der Waals surface area contributed by atoms with Crippen molar-refractivity contribution in [3.63, 3.8) is 0 Å². The summed E-state index contributed by atoms with van der Waals surface area (Å²) in [6.45, 7) is 6.71. The van der Waals surface area contributed by atoms with Gasteiger partial charge < -0.3 is 15.3 Å². The van der Waals surface area contributed by atoms with Gasteiger partial charge in [-0.15, -0.1) is 0 Å². The van der Waals surface area contributed by atoms with Crippen LogP contribution in [0.3, 0.4) is 0 Å². The van der Waals surface area contributed by atoms with Crippen molar-refractivity contribution in [2.45, 2.75) is 26.8 Å². The number of rotatable bonds is 7. The second-order valence-electron chi connectivity index (χ2n) is 4.97. The van der Waals surface area contributed by atoms with Crippen LogP contribution in [0.4, 0.5) is 0 Å². The standard InChI is InChI=1S/C13H20N2O4/c1-8(2)6-15(7-12(14)16)9(3)10-4-5-11(19-10)13(17)18/h4-5,8-9H,6-7H2,1-3H3,(H2,14,16)(H,17,18). The van der Waals surface area contributed by atoms with Gasteiger partial charge in [-0.25, -0.2) is 4.79 Å². The molecular weight excluding hydrogens is 248 g/mol. The van der Waals surface area contributed by atoms with Crippen molar-refractivity contribution in [1.82, 2.24) is 4.90 Å². The second-order valence-corrected chi connectivity index (χ2v) is 4.97. The molecule has 1 atom stereocenters. The molecule has 1 rings (SSSR count). The van der Waals surface area contributed by atoms with Crippen LogP contribution in [0, 0.1) is 5.92 Å². The fourth-order valence-electron chi connectivity index (χ4n) is 1.90. The molecule has 106 valence electrons. The molecule has 1 amide bonds. The number of nitrogens with two attached hydrogens (primary N) is 1. The molecule has 1 aromatic heterocycles. The highest BCUT2D eigenvalue weighted by Crippen LogP contribution is 2.23. The number of carbonyl (C=O) groups is 2. The van der Waals surface area contributed by atoms with Gasteiger partial charge in [0.25, 0.3) is 0 Å². The molecule has 6 nitrogen and oxygen atoms in total. The SMILES string of the molecule is CC(C)CN(CC(N)=O)C(C)c1ccc(C(=O)O)o1. The first-order valence-corrected chi connectivity index (χ1v) is 6.16. The number of carbonyl (C=O) groups excluding carboxylic acids is 1. The number of hydrogen-bond acceptors (Lipinski definition) is 4. The largest absolute Gasteiger partial charge is 0.475 e. The topological polar surface area (TPSA) is 96.8 Å². The predicted octanol–water partition coefficient (Wildman–Crippen LogP) is 1.48. The molecule has 0 radical (unpaired) electrons. The quantitative estimate of drug-likeness (QED) is 0.780. The fraction of sp³-hybridized carbons (Fsp3) is 0.538. The highest BCUT2D eigenvalue weighted by molar-refractivity contribution is 5.84. The maximum atomic E-state index is 11.1. The van der Waals surface area contributed by atoms with Crippen molar-refractivity contribution in [3.05, 3.63) is 23.7 Å². The highest BCUT2D eigenvalue weighted by atomic mass is 16.4. The van der Waals surface area contributed by atoms with Crippen molar-refractivity contribution < 1.29 is 19.1 Å². The van der Waals surface area contributed by atoms with E-state index in [1.165, 1.54) is 6.07 Å². The summed E-state index contributed by atoms with van der Waals surface area (Å²) < 4.78 is 5.26. The van der Waals surface area contributed by atoms with Crippen LogP contribution >= 0.6 is 0 Å². The van der Waals surface area contributed by atoms with Gasteiger partial charge >= 0.3 is 5.97 Å². The molecule has 0 saturated carbocycles. The molecule has 6 heteroatoms. The number of primary amides is 1. The summed E-state index contributed by atoms with van der Waals surface area (Å²) in [5.74, 6) is -0.762. The van der Waals surface area contributed by atoms with Gasteiger partial charge in [-0.05, 0) is 25.0 Å². The molecule has 0 saturated heterocycles. The van der Waals surface area contributed by atoms with Crippen LogP contribution in [0.2, 0.25) is 0 Å². The van der Waals surface area contributed by atoms with Gasteiger partial charge in [0.15, 0.2) is 0 Å². The lowest BCUT2D eigenvalue weighted by molar-refractivity contribution is -0.119. The van der Waals surface area contributed by atoms with Crippen molar-refractivity contribution in [1.29, 1.82) is 0 Å².